The lowest BCUT2D eigenvalue weighted by molar-refractivity contribution is -0.137. The van der Waals surface area contributed by atoms with Crippen molar-refractivity contribution in [2.45, 2.75) is 69.2 Å². The highest BCUT2D eigenvalue weighted by Crippen LogP contribution is 2.47. The maximum atomic E-state index is 14.4. The van der Waals surface area contributed by atoms with Crippen molar-refractivity contribution < 1.29 is 32.7 Å². The lowest BCUT2D eigenvalue weighted by Crippen LogP contribution is -2.58. The molecule has 0 unspecified atom stereocenters. The van der Waals surface area contributed by atoms with Crippen molar-refractivity contribution in [2.75, 3.05) is 19.4 Å². The molecule has 2 aliphatic rings. The molecular formula is C34H39Cl2N3O7S. The summed E-state index contributed by atoms with van der Waals surface area (Å²) >= 11 is 13.1. The molecule has 1 saturated carbocycles. The van der Waals surface area contributed by atoms with E-state index in [1.165, 1.54) is 0 Å². The van der Waals surface area contributed by atoms with E-state index in [0.717, 1.165) is 30.2 Å². The molecule has 3 aromatic rings. The third-order valence-corrected chi connectivity index (χ3v) is 9.90. The summed E-state index contributed by atoms with van der Waals surface area (Å²) in [5.74, 6) is -0.685. The van der Waals surface area contributed by atoms with E-state index in [9.17, 15) is 18.0 Å². The van der Waals surface area contributed by atoms with E-state index in [1.807, 2.05) is 59.5 Å². The number of rotatable bonds is 14. The standard InChI is InChI=1S/C34H39Cl2N3O7S/c1-47(43,44)38-30-9-4-5-10-31(30)39-33(27-17-14-23(35)19-29(27)36)28(25-7-2-3-8-26(25)34(39)42)20-37-46-21-22-12-15-24(16-13-22)45-18-6-11-32(40)41/h2-3,7-8,12-17,19,28,30-31,33,37-38H,4-6,9-11,18,20-21H2,1H3,(H,40,41)/t28-,30+,31+,33+/m1/s1. The summed E-state index contributed by atoms with van der Waals surface area (Å²) in [6.07, 6.45) is 4.59. The Morgan fingerprint density at radius 1 is 1.02 bits per heavy atom. The maximum absolute atomic E-state index is 14.4. The Labute approximate surface area is 285 Å². The van der Waals surface area contributed by atoms with Crippen LogP contribution >= 0.6 is 23.2 Å². The SMILES string of the molecule is CS(=O)(=O)N[C@H]1CCCC[C@@H]1N1C(=O)c2ccccc2[C@@H](CNOCc2ccc(OCCCC(=O)O)cc2)[C@@H]1c1ccc(Cl)cc1Cl. The third-order valence-electron chi connectivity index (χ3n) is 8.61. The molecule has 10 nitrogen and oxygen atoms in total. The first-order valence-electron chi connectivity index (χ1n) is 15.6. The highest BCUT2D eigenvalue weighted by atomic mass is 35.5. The Kier molecular flexibility index (Phi) is 11.8. The summed E-state index contributed by atoms with van der Waals surface area (Å²) in [6.45, 7) is 0.897. The molecule has 1 fully saturated rings. The second-order valence-electron chi connectivity index (χ2n) is 12.0. The van der Waals surface area contributed by atoms with Crippen LogP contribution in [-0.2, 0) is 26.3 Å². The van der Waals surface area contributed by atoms with E-state index in [1.54, 1.807) is 12.1 Å². The van der Waals surface area contributed by atoms with Crippen molar-refractivity contribution in [2.24, 2.45) is 0 Å². The first-order valence-corrected chi connectivity index (χ1v) is 18.3. The molecule has 1 aliphatic carbocycles. The number of ether oxygens (including phenoxy) is 1. The number of carbonyl (C=O) groups excluding carboxylic acids is 1. The Hall–Kier alpha value is -3.19. The van der Waals surface area contributed by atoms with E-state index in [0.29, 0.717) is 59.3 Å². The van der Waals surface area contributed by atoms with Crippen molar-refractivity contribution in [3.8, 4) is 5.75 Å². The molecule has 3 aromatic carbocycles. The van der Waals surface area contributed by atoms with E-state index in [2.05, 4.69) is 10.2 Å². The van der Waals surface area contributed by atoms with Crippen LogP contribution in [0.25, 0.3) is 0 Å². The van der Waals surface area contributed by atoms with Gasteiger partial charge >= 0.3 is 5.97 Å². The minimum atomic E-state index is -3.53. The van der Waals surface area contributed by atoms with Crippen molar-refractivity contribution in [3.63, 3.8) is 0 Å². The number of carboxylic acids is 1. The van der Waals surface area contributed by atoms with E-state index in [4.69, 9.17) is 37.9 Å². The number of benzene rings is 3. The molecule has 0 spiro atoms. The molecule has 47 heavy (non-hydrogen) atoms. The number of carbonyl (C=O) groups is 2. The average molecular weight is 705 g/mol. The second-order valence-corrected chi connectivity index (χ2v) is 14.6. The Morgan fingerprint density at radius 3 is 2.49 bits per heavy atom. The number of fused-ring (bicyclic) bond motifs is 1. The molecular weight excluding hydrogens is 665 g/mol. The van der Waals surface area contributed by atoms with Gasteiger partial charge in [-0.3, -0.25) is 14.4 Å². The summed E-state index contributed by atoms with van der Waals surface area (Å²) in [5, 5.41) is 9.67. The smallest absolute Gasteiger partial charge is 0.303 e. The van der Waals surface area contributed by atoms with Gasteiger partial charge in [0.15, 0.2) is 0 Å². The van der Waals surface area contributed by atoms with Crippen LogP contribution < -0.4 is 14.9 Å². The van der Waals surface area contributed by atoms with E-state index < -0.39 is 34.1 Å². The van der Waals surface area contributed by atoms with Crippen LogP contribution in [0.1, 0.15) is 77.5 Å². The number of nitrogens with one attached hydrogen (secondary N) is 2. The van der Waals surface area contributed by atoms with Crippen molar-refractivity contribution in [1.29, 1.82) is 0 Å². The molecule has 4 atom stereocenters. The fourth-order valence-electron chi connectivity index (χ4n) is 6.57. The summed E-state index contributed by atoms with van der Waals surface area (Å²) < 4.78 is 33.2. The minimum Gasteiger partial charge on any atom is -0.494 e. The molecule has 0 radical (unpaired) electrons. The number of halogens is 2. The monoisotopic (exact) mass is 703 g/mol. The van der Waals surface area contributed by atoms with Gasteiger partial charge in [-0.15, -0.1) is 0 Å². The zero-order valence-corrected chi connectivity index (χ0v) is 28.4. The van der Waals surface area contributed by atoms with Crippen LogP contribution in [0.3, 0.4) is 0 Å². The van der Waals surface area contributed by atoms with Gasteiger partial charge in [0.1, 0.15) is 5.75 Å². The lowest BCUT2D eigenvalue weighted by Gasteiger charge is -2.49. The molecule has 0 bridgehead atoms. The summed E-state index contributed by atoms with van der Waals surface area (Å²) in [5.41, 5.74) is 6.13. The summed E-state index contributed by atoms with van der Waals surface area (Å²) in [7, 11) is -3.53. The number of nitrogens with zero attached hydrogens (tertiary/aromatic N) is 1. The number of sulfonamides is 1. The normalized spacial score (nSPS) is 21.3. The number of hydrogen-bond acceptors (Lipinski definition) is 7. The van der Waals surface area contributed by atoms with E-state index >= 15 is 0 Å². The average Bonchev–Trinajstić information content (AvgIpc) is 3.03. The van der Waals surface area contributed by atoms with E-state index in [-0.39, 0.29) is 24.9 Å². The van der Waals surface area contributed by atoms with Gasteiger partial charge in [0.2, 0.25) is 10.0 Å². The van der Waals surface area contributed by atoms with Crippen LogP contribution in [0.15, 0.2) is 66.7 Å². The summed E-state index contributed by atoms with van der Waals surface area (Å²) in [6, 6.07) is 18.7. The van der Waals surface area contributed by atoms with Crippen LogP contribution in [0, 0.1) is 0 Å². The zero-order valence-electron chi connectivity index (χ0n) is 26.0. The molecule has 0 aromatic heterocycles. The maximum Gasteiger partial charge on any atom is 0.303 e. The number of amides is 1. The van der Waals surface area contributed by atoms with Crippen molar-refractivity contribution >= 4 is 45.1 Å². The van der Waals surface area contributed by atoms with Crippen molar-refractivity contribution in [3.05, 3.63) is 99.0 Å². The fourth-order valence-corrected chi connectivity index (χ4v) is 7.91. The molecule has 252 valence electrons. The molecule has 5 rings (SSSR count). The number of aliphatic carboxylic acids is 1. The number of hydrogen-bond donors (Lipinski definition) is 3. The first kappa shape index (κ1) is 35.1. The lowest BCUT2D eigenvalue weighted by atomic mass is 9.77. The van der Waals surface area contributed by atoms with Crippen LogP contribution in [0.4, 0.5) is 0 Å². The molecule has 1 heterocycles. The predicted octanol–water partition coefficient (Wildman–Crippen LogP) is 6.10. The molecule has 1 amide bonds. The Balaban J connectivity index is 1.39. The quantitative estimate of drug-likeness (QED) is 0.136. The highest BCUT2D eigenvalue weighted by Gasteiger charge is 2.47. The predicted molar refractivity (Wildman–Crippen MR) is 180 cm³/mol. The second kappa shape index (κ2) is 15.8. The number of hydroxylamine groups is 1. The topological polar surface area (TPSA) is 134 Å². The van der Waals surface area contributed by atoms with Crippen LogP contribution in [0.5, 0.6) is 5.75 Å². The van der Waals surface area contributed by atoms with Gasteiger partial charge < -0.3 is 14.7 Å². The summed E-state index contributed by atoms with van der Waals surface area (Å²) in [4.78, 5) is 32.8. The highest BCUT2D eigenvalue weighted by molar-refractivity contribution is 7.88. The zero-order chi connectivity index (χ0) is 33.6. The van der Waals surface area contributed by atoms with Crippen LogP contribution in [0.2, 0.25) is 10.0 Å². The fraction of sp³-hybridized carbons (Fsp3) is 0.412. The minimum absolute atomic E-state index is 0.0544. The van der Waals surface area contributed by atoms with Crippen LogP contribution in [-0.4, -0.2) is 61.8 Å². The molecule has 0 saturated heterocycles. The van der Waals surface area contributed by atoms with Crippen molar-refractivity contribution in [1.82, 2.24) is 15.1 Å². The van der Waals surface area contributed by atoms with Gasteiger partial charge in [-0.1, -0.05) is 72.4 Å². The van der Waals surface area contributed by atoms with Gasteiger partial charge in [-0.05, 0) is 66.3 Å². The van der Waals surface area contributed by atoms with Gasteiger partial charge in [0, 0.05) is 46.6 Å². The number of carboxylic acid groups (broad SMARTS) is 1. The third kappa shape index (κ3) is 9.04. The Morgan fingerprint density at radius 2 is 1.77 bits per heavy atom. The van der Waals surface area contributed by atoms with Gasteiger partial charge in [-0.2, -0.15) is 0 Å². The van der Waals surface area contributed by atoms with Gasteiger partial charge in [-0.25, -0.2) is 18.6 Å². The molecule has 13 heteroatoms. The Bertz CT molecular complexity index is 1670. The van der Waals surface area contributed by atoms with Gasteiger partial charge in [0.05, 0.1) is 25.5 Å². The molecule has 3 N–H and O–H groups in total. The first-order chi connectivity index (χ1) is 22.5. The van der Waals surface area contributed by atoms with Gasteiger partial charge in [0.25, 0.3) is 5.91 Å². The largest absolute Gasteiger partial charge is 0.494 e. The molecule has 1 aliphatic heterocycles.